The minimum Gasteiger partial charge on any atom is -0.497 e. The molecular weight excluding hydrogens is 410 g/mol. The van der Waals surface area contributed by atoms with Gasteiger partial charge in [-0.25, -0.2) is 9.97 Å². The molecule has 2 aromatic heterocycles. The summed E-state index contributed by atoms with van der Waals surface area (Å²) in [5, 5.41) is 1.27. The lowest BCUT2D eigenvalue weighted by atomic mass is 10.1. The summed E-state index contributed by atoms with van der Waals surface area (Å²) in [6.07, 6.45) is 3.60. The van der Waals surface area contributed by atoms with Crippen molar-refractivity contribution in [2.75, 3.05) is 13.7 Å². The fraction of sp³-hybridized carbons (Fsp3) is 0.208. The molecule has 0 spiro atoms. The van der Waals surface area contributed by atoms with E-state index in [1.807, 2.05) is 54.0 Å². The van der Waals surface area contributed by atoms with E-state index in [2.05, 4.69) is 28.3 Å². The van der Waals surface area contributed by atoms with E-state index in [-0.39, 0.29) is 11.2 Å². The highest BCUT2D eigenvalue weighted by Crippen LogP contribution is 2.38. The van der Waals surface area contributed by atoms with Gasteiger partial charge in [0, 0.05) is 17.4 Å². The van der Waals surface area contributed by atoms with Crippen molar-refractivity contribution in [2.24, 2.45) is 0 Å². The first-order valence-corrected chi connectivity index (χ1v) is 10.9. The van der Waals surface area contributed by atoms with E-state index in [0.29, 0.717) is 6.61 Å². The Bertz CT molecular complexity index is 1190. The second-order valence-electron chi connectivity index (χ2n) is 6.87. The lowest BCUT2D eigenvalue weighted by Crippen LogP contribution is -2.16. The number of benzene rings is 2. The van der Waals surface area contributed by atoms with Crippen LogP contribution in [0.15, 0.2) is 72.1 Å². The van der Waals surface area contributed by atoms with Crippen LogP contribution in [-0.4, -0.2) is 39.5 Å². The van der Waals surface area contributed by atoms with Crippen molar-refractivity contribution >= 4 is 28.8 Å². The van der Waals surface area contributed by atoms with E-state index in [1.54, 1.807) is 14.0 Å². The third-order valence-electron chi connectivity index (χ3n) is 4.89. The van der Waals surface area contributed by atoms with Gasteiger partial charge in [0.1, 0.15) is 28.0 Å². The quantitative estimate of drug-likeness (QED) is 0.228. The summed E-state index contributed by atoms with van der Waals surface area (Å²) in [5.74, 6) is 0.535. The van der Waals surface area contributed by atoms with Crippen molar-refractivity contribution in [3.05, 3.63) is 67.1 Å². The van der Waals surface area contributed by atoms with Gasteiger partial charge in [0.15, 0.2) is 0 Å². The number of ether oxygens (including phenoxy) is 2. The van der Waals surface area contributed by atoms with Crippen molar-refractivity contribution in [1.82, 2.24) is 14.5 Å². The summed E-state index contributed by atoms with van der Waals surface area (Å²) < 4.78 is 12.5. The maximum absolute atomic E-state index is 12.2. The van der Waals surface area contributed by atoms with Gasteiger partial charge in [0.25, 0.3) is 0 Å². The molecule has 0 saturated carbocycles. The molecule has 158 valence electrons. The fourth-order valence-electron chi connectivity index (χ4n) is 3.37. The van der Waals surface area contributed by atoms with E-state index < -0.39 is 0 Å². The number of fused-ring (bicyclic) bond motifs is 1. The number of hydrogen-bond acceptors (Lipinski definition) is 6. The molecule has 2 heterocycles. The molecule has 0 radical (unpaired) electrons. The second-order valence-corrected chi connectivity index (χ2v) is 8.20. The number of esters is 1. The Hall–Kier alpha value is -3.32. The molecule has 31 heavy (non-hydrogen) atoms. The standard InChI is InChI=1S/C24H23N3O3S/c1-4-30-24(28)16(2)31-23-21-20(17-8-6-5-7-9-17)14-27(22(21)25-15-26-23)18-10-12-19(29-3)13-11-18/h5-16H,4H2,1-3H3/t16-/m0/s1. The minimum absolute atomic E-state index is 0.255. The van der Waals surface area contributed by atoms with Crippen LogP contribution < -0.4 is 4.74 Å². The number of nitrogens with zero attached hydrogens (tertiary/aromatic N) is 3. The zero-order valence-corrected chi connectivity index (χ0v) is 18.4. The van der Waals surface area contributed by atoms with Crippen molar-refractivity contribution in [2.45, 2.75) is 24.1 Å². The molecule has 0 fully saturated rings. The highest BCUT2D eigenvalue weighted by molar-refractivity contribution is 8.00. The molecule has 6 nitrogen and oxygen atoms in total. The van der Waals surface area contributed by atoms with Crippen LogP contribution in [0, 0.1) is 0 Å². The van der Waals surface area contributed by atoms with Gasteiger partial charge < -0.3 is 14.0 Å². The Balaban J connectivity index is 1.88. The number of methoxy groups -OCH3 is 1. The van der Waals surface area contributed by atoms with Crippen LogP contribution >= 0.6 is 11.8 Å². The number of carbonyl (C=O) groups is 1. The van der Waals surface area contributed by atoms with Gasteiger partial charge in [-0.05, 0) is 43.7 Å². The van der Waals surface area contributed by atoms with E-state index in [4.69, 9.17) is 9.47 Å². The molecule has 2 aromatic carbocycles. The summed E-state index contributed by atoms with van der Waals surface area (Å²) in [4.78, 5) is 21.3. The zero-order valence-electron chi connectivity index (χ0n) is 17.6. The zero-order chi connectivity index (χ0) is 21.8. The lowest BCUT2D eigenvalue weighted by Gasteiger charge is -2.11. The van der Waals surface area contributed by atoms with Gasteiger partial charge in [0.05, 0.1) is 19.1 Å². The van der Waals surface area contributed by atoms with Crippen molar-refractivity contribution in [3.63, 3.8) is 0 Å². The largest absolute Gasteiger partial charge is 0.497 e. The predicted molar refractivity (Wildman–Crippen MR) is 123 cm³/mol. The Morgan fingerprint density at radius 3 is 2.52 bits per heavy atom. The Morgan fingerprint density at radius 1 is 1.10 bits per heavy atom. The Labute approximate surface area is 185 Å². The van der Waals surface area contributed by atoms with Gasteiger partial charge in [-0.15, -0.1) is 0 Å². The number of aromatic nitrogens is 3. The highest BCUT2D eigenvalue weighted by atomic mass is 32.2. The molecule has 0 N–H and O–H groups in total. The normalized spacial score (nSPS) is 12.0. The molecule has 1 atom stereocenters. The first kappa shape index (κ1) is 20.9. The molecule has 0 saturated heterocycles. The molecule has 7 heteroatoms. The van der Waals surface area contributed by atoms with Crippen LogP contribution in [0.2, 0.25) is 0 Å². The number of carbonyl (C=O) groups excluding carboxylic acids is 1. The average Bonchev–Trinajstić information content (AvgIpc) is 3.20. The van der Waals surface area contributed by atoms with E-state index in [0.717, 1.165) is 38.6 Å². The first-order valence-electron chi connectivity index (χ1n) is 10.0. The maximum Gasteiger partial charge on any atom is 0.319 e. The van der Waals surface area contributed by atoms with Crippen LogP contribution in [0.5, 0.6) is 5.75 Å². The number of thioether (sulfide) groups is 1. The summed E-state index contributed by atoms with van der Waals surface area (Å²) in [6, 6.07) is 17.9. The highest BCUT2D eigenvalue weighted by Gasteiger charge is 2.22. The van der Waals surface area contributed by atoms with Crippen LogP contribution in [0.1, 0.15) is 13.8 Å². The molecule has 0 aliphatic rings. The van der Waals surface area contributed by atoms with Gasteiger partial charge in [0.2, 0.25) is 0 Å². The van der Waals surface area contributed by atoms with E-state index in [9.17, 15) is 4.79 Å². The smallest absolute Gasteiger partial charge is 0.319 e. The fourth-order valence-corrected chi connectivity index (χ4v) is 4.30. The molecule has 0 aliphatic heterocycles. The Kier molecular flexibility index (Phi) is 6.23. The van der Waals surface area contributed by atoms with Crippen LogP contribution in [0.25, 0.3) is 27.8 Å². The van der Waals surface area contributed by atoms with Crippen molar-refractivity contribution in [1.29, 1.82) is 0 Å². The maximum atomic E-state index is 12.2. The van der Waals surface area contributed by atoms with Gasteiger partial charge in [-0.3, -0.25) is 4.79 Å². The average molecular weight is 434 g/mol. The summed E-state index contributed by atoms with van der Waals surface area (Å²) in [7, 11) is 1.65. The van der Waals surface area contributed by atoms with Crippen molar-refractivity contribution in [3.8, 4) is 22.6 Å². The van der Waals surface area contributed by atoms with Crippen LogP contribution in [-0.2, 0) is 9.53 Å². The molecule has 4 aromatic rings. The van der Waals surface area contributed by atoms with E-state index >= 15 is 0 Å². The molecular formula is C24H23N3O3S. The SMILES string of the molecule is CCOC(=O)[C@H](C)Sc1ncnc2c1c(-c1ccccc1)cn2-c1ccc(OC)cc1. The minimum atomic E-state index is -0.383. The molecule has 4 rings (SSSR count). The van der Waals surface area contributed by atoms with Crippen LogP contribution in [0.3, 0.4) is 0 Å². The summed E-state index contributed by atoms with van der Waals surface area (Å²) in [6.45, 7) is 3.99. The van der Waals surface area contributed by atoms with Gasteiger partial charge >= 0.3 is 5.97 Å². The Morgan fingerprint density at radius 2 is 1.84 bits per heavy atom. The van der Waals surface area contributed by atoms with Crippen molar-refractivity contribution < 1.29 is 14.3 Å². The molecule has 0 unspecified atom stereocenters. The number of hydrogen-bond donors (Lipinski definition) is 0. The third-order valence-corrected chi connectivity index (χ3v) is 5.97. The third kappa shape index (κ3) is 4.27. The van der Waals surface area contributed by atoms with Gasteiger partial charge in [-0.2, -0.15) is 0 Å². The van der Waals surface area contributed by atoms with E-state index in [1.165, 1.54) is 18.1 Å². The first-order chi connectivity index (χ1) is 15.1. The lowest BCUT2D eigenvalue weighted by molar-refractivity contribution is -0.142. The monoisotopic (exact) mass is 433 g/mol. The van der Waals surface area contributed by atoms with Crippen LogP contribution in [0.4, 0.5) is 0 Å². The summed E-state index contributed by atoms with van der Waals surface area (Å²) >= 11 is 1.39. The predicted octanol–water partition coefficient (Wildman–Crippen LogP) is 5.14. The summed E-state index contributed by atoms with van der Waals surface area (Å²) in [5.41, 5.74) is 3.80. The second kappa shape index (κ2) is 9.22. The molecule has 0 amide bonds. The van der Waals surface area contributed by atoms with Gasteiger partial charge in [-0.1, -0.05) is 42.1 Å². The molecule has 0 bridgehead atoms. The molecule has 0 aliphatic carbocycles. The topological polar surface area (TPSA) is 66.2 Å². The number of rotatable bonds is 7.